The fourth-order valence-electron chi connectivity index (χ4n) is 11.3. The summed E-state index contributed by atoms with van der Waals surface area (Å²) in [6, 6.07) is 0. The van der Waals surface area contributed by atoms with Gasteiger partial charge >= 0.3 is 33.6 Å². The van der Waals surface area contributed by atoms with E-state index in [1.54, 1.807) is 0 Å². The summed E-state index contributed by atoms with van der Waals surface area (Å²) >= 11 is 0. The highest BCUT2D eigenvalue weighted by Gasteiger charge is 2.29. The number of unbranched alkanes of at least 4 members (excludes halogenated alkanes) is 30. The zero-order valence-electron chi connectivity index (χ0n) is 69.6. The number of allylic oxidation sites excluding steroid dienone is 28. The molecule has 0 aliphatic rings. The van der Waals surface area contributed by atoms with Gasteiger partial charge in [0, 0.05) is 19.3 Å². The van der Waals surface area contributed by atoms with E-state index in [4.69, 9.17) is 32.3 Å². The quantitative estimate of drug-likeness (QED) is 0.0146. The largest absolute Gasteiger partial charge is 0.472 e. The Morgan fingerprint density at radius 1 is 0.261 bits per heavy atom. The highest BCUT2D eigenvalue weighted by molar-refractivity contribution is 7.47. The Balaban J connectivity index is 4.65. The molecule has 634 valence electrons. The van der Waals surface area contributed by atoms with Crippen molar-refractivity contribution in [2.75, 3.05) is 39.6 Å². The molecule has 0 saturated heterocycles. The lowest BCUT2D eigenvalue weighted by Gasteiger charge is -2.21. The summed E-state index contributed by atoms with van der Waals surface area (Å²) in [5.41, 5.74) is 0. The first-order chi connectivity index (χ1) is 54.2. The second kappa shape index (κ2) is 84.3. The monoisotopic (exact) mass is 1590 g/mol. The predicted molar refractivity (Wildman–Crippen MR) is 463 cm³/mol. The molecule has 0 aromatic heterocycles. The number of hydrogen-bond donors (Lipinski definition) is 4. The van der Waals surface area contributed by atoms with Crippen molar-refractivity contribution in [2.24, 2.45) is 0 Å². The Kier molecular flexibility index (Phi) is 80.4. The molecule has 16 nitrogen and oxygen atoms in total. The zero-order chi connectivity index (χ0) is 80.8. The van der Waals surface area contributed by atoms with Crippen molar-refractivity contribution in [1.29, 1.82) is 0 Å². The molecule has 0 radical (unpaired) electrons. The lowest BCUT2D eigenvalue weighted by Crippen LogP contribution is -2.29. The maximum Gasteiger partial charge on any atom is 0.472 e. The molecule has 111 heavy (non-hydrogen) atoms. The molecule has 0 aliphatic carbocycles. The van der Waals surface area contributed by atoms with Crippen LogP contribution in [0, 0.1) is 0 Å². The van der Waals surface area contributed by atoms with Crippen LogP contribution in [0.2, 0.25) is 0 Å². The van der Waals surface area contributed by atoms with E-state index in [9.17, 15) is 43.5 Å². The van der Waals surface area contributed by atoms with Crippen molar-refractivity contribution in [3.63, 3.8) is 0 Å². The van der Waals surface area contributed by atoms with Crippen molar-refractivity contribution in [3.8, 4) is 0 Å². The van der Waals surface area contributed by atoms with Crippen LogP contribution in [0.3, 0.4) is 0 Å². The standard InChI is InChI=1S/C93H156O16P2/c1-4-7-10-13-16-19-22-25-28-31-34-36-38-40-42-43-45-47-48-50-53-55-58-61-64-67-70-73-76-79-91(96)103-82-88(94)83-105-110(99,100)106-84-89(95)85-107-111(101,102)108-87-90(109-93(98)81-78-75-72-69-66-63-60-57-52-33-30-27-24-21-18-15-12-9-6-3)86-104-92(97)80-77-74-71-68-65-62-59-56-54-51-49-46-44-41-39-37-35-32-29-26-23-20-17-14-11-8-5-2/h9,12,16-21,25-30,34-37,40-42,44,52,57,63,66,72,75,88-90,94-95H,4-8,10-11,13-15,22-24,31-33,38-39,43,45-51,53-56,58-62,64-65,67-71,73-74,76-87H2,1-3H3,(H,99,100)(H,101,102)/b12-9-,19-16-,20-17-,21-18-,28-25-,29-26-,30-27-,36-34-,37-35-,42-40-,44-41-,57-52-,66-63-,75-72-. The van der Waals surface area contributed by atoms with Crippen LogP contribution in [0.15, 0.2) is 170 Å². The molecular weight excluding hydrogens is 1430 g/mol. The first kappa shape index (κ1) is 106. The summed E-state index contributed by atoms with van der Waals surface area (Å²) in [7, 11) is -9.84. The van der Waals surface area contributed by atoms with E-state index in [-0.39, 0.29) is 19.3 Å². The van der Waals surface area contributed by atoms with Gasteiger partial charge in [0.15, 0.2) is 6.10 Å². The van der Waals surface area contributed by atoms with Crippen LogP contribution in [0.25, 0.3) is 0 Å². The van der Waals surface area contributed by atoms with Crippen LogP contribution in [-0.4, -0.2) is 95.9 Å². The maximum atomic E-state index is 13.0. The van der Waals surface area contributed by atoms with Crippen molar-refractivity contribution in [2.45, 2.75) is 360 Å². The predicted octanol–water partition coefficient (Wildman–Crippen LogP) is 26.3. The Morgan fingerprint density at radius 2 is 0.495 bits per heavy atom. The molecule has 5 atom stereocenters. The zero-order valence-corrected chi connectivity index (χ0v) is 71.4. The summed E-state index contributed by atoms with van der Waals surface area (Å²) in [4.78, 5) is 58.8. The van der Waals surface area contributed by atoms with Crippen LogP contribution in [0.5, 0.6) is 0 Å². The molecule has 0 fully saturated rings. The molecule has 0 saturated carbocycles. The molecule has 0 heterocycles. The summed E-state index contributed by atoms with van der Waals surface area (Å²) in [5, 5.41) is 20.7. The summed E-state index contributed by atoms with van der Waals surface area (Å²) in [6.07, 6.45) is 108. The minimum absolute atomic E-state index is 0.0263. The topological polar surface area (TPSA) is 231 Å². The normalized spacial score (nSPS) is 14.7. The van der Waals surface area contributed by atoms with E-state index in [0.29, 0.717) is 25.7 Å². The first-order valence-corrected chi connectivity index (χ1v) is 46.4. The van der Waals surface area contributed by atoms with Gasteiger partial charge in [0.25, 0.3) is 0 Å². The molecule has 0 bridgehead atoms. The highest BCUT2D eigenvalue weighted by Crippen LogP contribution is 2.45. The van der Waals surface area contributed by atoms with Gasteiger partial charge in [-0.1, -0.05) is 345 Å². The average Bonchev–Trinajstić information content (AvgIpc) is 0.901. The number of aliphatic hydroxyl groups excluding tert-OH is 2. The third-order valence-electron chi connectivity index (χ3n) is 17.9. The second-order valence-corrected chi connectivity index (χ2v) is 31.5. The van der Waals surface area contributed by atoms with Gasteiger partial charge in [-0.15, -0.1) is 0 Å². The lowest BCUT2D eigenvalue weighted by atomic mass is 10.0. The molecule has 0 aliphatic heterocycles. The van der Waals surface area contributed by atoms with Crippen molar-refractivity contribution in [1.82, 2.24) is 0 Å². The molecule has 0 aromatic carbocycles. The van der Waals surface area contributed by atoms with Gasteiger partial charge in [-0.3, -0.25) is 32.5 Å². The average molecular weight is 1590 g/mol. The molecule has 0 amide bonds. The van der Waals surface area contributed by atoms with Crippen LogP contribution in [0.4, 0.5) is 0 Å². The van der Waals surface area contributed by atoms with Gasteiger partial charge in [-0.25, -0.2) is 9.13 Å². The third-order valence-corrected chi connectivity index (χ3v) is 19.8. The Hall–Kier alpha value is -5.09. The van der Waals surface area contributed by atoms with Gasteiger partial charge in [0.05, 0.1) is 26.4 Å². The molecule has 18 heteroatoms. The molecular formula is C93H156O16P2. The van der Waals surface area contributed by atoms with Gasteiger partial charge < -0.3 is 34.2 Å². The van der Waals surface area contributed by atoms with E-state index < -0.39 is 91.5 Å². The summed E-state index contributed by atoms with van der Waals surface area (Å²) in [6.45, 7) is 2.43. The van der Waals surface area contributed by atoms with Crippen molar-refractivity contribution in [3.05, 3.63) is 170 Å². The Morgan fingerprint density at radius 3 is 0.793 bits per heavy atom. The maximum absolute atomic E-state index is 13.0. The Bertz CT molecular complexity index is 2700. The van der Waals surface area contributed by atoms with Crippen LogP contribution in [-0.2, 0) is 55.8 Å². The van der Waals surface area contributed by atoms with E-state index in [0.717, 1.165) is 128 Å². The molecule has 0 rings (SSSR count). The van der Waals surface area contributed by atoms with Crippen LogP contribution < -0.4 is 0 Å². The van der Waals surface area contributed by atoms with Crippen LogP contribution >= 0.6 is 15.6 Å². The minimum atomic E-state index is -4.96. The summed E-state index contributed by atoms with van der Waals surface area (Å²) in [5.74, 6) is -1.68. The van der Waals surface area contributed by atoms with Crippen molar-refractivity contribution >= 4 is 33.6 Å². The molecule has 5 unspecified atom stereocenters. The van der Waals surface area contributed by atoms with E-state index in [1.165, 1.54) is 148 Å². The fraction of sp³-hybridized carbons (Fsp3) is 0.667. The lowest BCUT2D eigenvalue weighted by molar-refractivity contribution is -0.161. The second-order valence-electron chi connectivity index (χ2n) is 28.6. The number of carbonyl (C=O) groups excluding carboxylic acids is 3. The van der Waals surface area contributed by atoms with Gasteiger partial charge in [0.1, 0.15) is 25.4 Å². The smallest absolute Gasteiger partial charge is 0.463 e. The number of phosphoric acid groups is 2. The van der Waals surface area contributed by atoms with E-state index >= 15 is 0 Å². The van der Waals surface area contributed by atoms with Gasteiger partial charge in [-0.2, -0.15) is 0 Å². The minimum Gasteiger partial charge on any atom is -0.463 e. The number of rotatable bonds is 81. The molecule has 0 aromatic rings. The number of esters is 3. The number of phosphoric ester groups is 2. The number of ether oxygens (including phenoxy) is 3. The van der Waals surface area contributed by atoms with E-state index in [1.807, 2.05) is 18.2 Å². The highest BCUT2D eigenvalue weighted by atomic mass is 31.2. The van der Waals surface area contributed by atoms with Gasteiger partial charge in [0.2, 0.25) is 0 Å². The summed E-state index contributed by atoms with van der Waals surface area (Å²) < 4.78 is 61.2. The number of carbonyl (C=O) groups is 3. The number of hydrogen-bond acceptors (Lipinski definition) is 14. The fourth-order valence-corrected chi connectivity index (χ4v) is 12.9. The van der Waals surface area contributed by atoms with Crippen molar-refractivity contribution < 1.29 is 75.8 Å². The Labute approximate surface area is 675 Å². The third kappa shape index (κ3) is 85.6. The number of aliphatic hydroxyl groups is 2. The molecule has 4 N–H and O–H groups in total. The first-order valence-electron chi connectivity index (χ1n) is 43.4. The SMILES string of the molecule is CC/C=C\C/C=C\C/C=C\C/C=C\C/C=C\C/C=C\CCC(=O)OC(COC(=O)CCCCCCCCCCCCC/C=C\C/C=C\C/C=C\C/C=C\CCCCC)COP(=O)(O)OCC(O)COP(=O)(O)OCC(O)COC(=O)CCCCCCCCCCCCCCC/C=C\C/C=C\C/C=C\C/C=C\CCCCC. The van der Waals surface area contributed by atoms with Gasteiger partial charge in [-0.05, 0) is 148 Å². The van der Waals surface area contributed by atoms with Crippen LogP contribution in [0.1, 0.15) is 342 Å². The molecule has 0 spiro atoms. The van der Waals surface area contributed by atoms with E-state index in [2.05, 4.69) is 173 Å².